The average Bonchev–Trinajstić information content (AvgIpc) is 3.13. The normalized spacial score (nSPS) is 16.1. The highest BCUT2D eigenvalue weighted by atomic mass is 32.1. The van der Waals surface area contributed by atoms with Crippen molar-refractivity contribution in [1.29, 1.82) is 0 Å². The lowest BCUT2D eigenvalue weighted by Gasteiger charge is -2.27. The van der Waals surface area contributed by atoms with E-state index in [1.165, 1.54) is 10.4 Å². The molecule has 1 amide bonds. The highest BCUT2D eigenvalue weighted by molar-refractivity contribution is 7.10. The number of benzene rings is 1. The van der Waals surface area contributed by atoms with Crippen molar-refractivity contribution in [3.05, 3.63) is 45.6 Å². The van der Waals surface area contributed by atoms with Crippen LogP contribution in [0.15, 0.2) is 29.6 Å². The number of amides is 1. The summed E-state index contributed by atoms with van der Waals surface area (Å²) in [5.41, 5.74) is 1.93. The van der Waals surface area contributed by atoms with Crippen molar-refractivity contribution in [2.24, 2.45) is 0 Å². The molecule has 0 unspecified atom stereocenters. The molecule has 0 saturated heterocycles. The molecule has 2 aliphatic rings. The molecule has 0 radical (unpaired) electrons. The van der Waals surface area contributed by atoms with Crippen LogP contribution in [-0.2, 0) is 13.0 Å². The van der Waals surface area contributed by atoms with Crippen molar-refractivity contribution < 1.29 is 14.3 Å². The van der Waals surface area contributed by atoms with Crippen LogP contribution >= 0.6 is 11.3 Å². The lowest BCUT2D eigenvalue weighted by molar-refractivity contribution is 0.0735. The molecule has 0 spiro atoms. The number of ether oxygens (including phenoxy) is 2. The van der Waals surface area contributed by atoms with Gasteiger partial charge in [-0.3, -0.25) is 4.79 Å². The molecule has 2 aliphatic heterocycles. The summed E-state index contributed by atoms with van der Waals surface area (Å²) in [6, 6.07) is 7.49. The van der Waals surface area contributed by atoms with E-state index in [0.29, 0.717) is 23.6 Å². The molecule has 5 heteroatoms. The monoisotopic (exact) mass is 287 g/mol. The molecule has 0 bridgehead atoms. The summed E-state index contributed by atoms with van der Waals surface area (Å²) in [5.74, 6) is 1.42. The second-order valence-electron chi connectivity index (χ2n) is 4.91. The van der Waals surface area contributed by atoms with E-state index in [1.54, 1.807) is 29.5 Å². The minimum Gasteiger partial charge on any atom is -0.454 e. The molecule has 0 aliphatic carbocycles. The van der Waals surface area contributed by atoms with E-state index in [1.807, 2.05) is 4.90 Å². The van der Waals surface area contributed by atoms with E-state index >= 15 is 0 Å². The second-order valence-corrected chi connectivity index (χ2v) is 5.91. The smallest absolute Gasteiger partial charge is 0.254 e. The van der Waals surface area contributed by atoms with Gasteiger partial charge in [0, 0.05) is 23.5 Å². The Labute approximate surface area is 120 Å². The third kappa shape index (κ3) is 1.86. The van der Waals surface area contributed by atoms with Gasteiger partial charge in [-0.15, -0.1) is 11.3 Å². The first kappa shape index (κ1) is 11.8. The van der Waals surface area contributed by atoms with Gasteiger partial charge in [0.15, 0.2) is 11.5 Å². The van der Waals surface area contributed by atoms with Crippen LogP contribution in [0.3, 0.4) is 0 Å². The summed E-state index contributed by atoms with van der Waals surface area (Å²) in [6.07, 6.45) is 0.948. The van der Waals surface area contributed by atoms with Crippen LogP contribution in [0, 0.1) is 0 Å². The highest BCUT2D eigenvalue weighted by Crippen LogP contribution is 2.33. The Hall–Kier alpha value is -2.01. The van der Waals surface area contributed by atoms with Crippen molar-refractivity contribution in [2.45, 2.75) is 13.0 Å². The first-order chi connectivity index (χ1) is 9.81. The van der Waals surface area contributed by atoms with Crippen molar-refractivity contribution in [2.75, 3.05) is 13.3 Å². The maximum Gasteiger partial charge on any atom is 0.254 e. The number of carbonyl (C=O) groups is 1. The quantitative estimate of drug-likeness (QED) is 0.809. The molecule has 3 heterocycles. The number of thiophene rings is 1. The number of rotatable bonds is 1. The molecular weight excluding hydrogens is 274 g/mol. The van der Waals surface area contributed by atoms with E-state index in [9.17, 15) is 4.79 Å². The Morgan fingerprint density at radius 2 is 2.10 bits per heavy atom. The molecule has 1 aromatic heterocycles. The van der Waals surface area contributed by atoms with Crippen molar-refractivity contribution in [3.8, 4) is 11.5 Å². The largest absolute Gasteiger partial charge is 0.454 e. The SMILES string of the molecule is O=C(c1ccc2c(c1)OCO2)N1CCc2sccc2C1. The van der Waals surface area contributed by atoms with Crippen LogP contribution in [0.1, 0.15) is 20.8 Å². The van der Waals surface area contributed by atoms with Gasteiger partial charge >= 0.3 is 0 Å². The Morgan fingerprint density at radius 1 is 1.20 bits per heavy atom. The molecule has 0 fully saturated rings. The predicted molar refractivity (Wildman–Crippen MR) is 75.3 cm³/mol. The maximum atomic E-state index is 12.6. The van der Waals surface area contributed by atoms with E-state index in [0.717, 1.165) is 13.0 Å². The summed E-state index contributed by atoms with van der Waals surface area (Å²) >= 11 is 1.78. The van der Waals surface area contributed by atoms with Gasteiger partial charge in [-0.1, -0.05) is 0 Å². The third-order valence-corrected chi connectivity index (χ3v) is 4.74. The van der Waals surface area contributed by atoms with Crippen LogP contribution in [0.2, 0.25) is 0 Å². The average molecular weight is 287 g/mol. The lowest BCUT2D eigenvalue weighted by Crippen LogP contribution is -2.35. The molecule has 0 N–H and O–H groups in total. The zero-order valence-electron chi connectivity index (χ0n) is 10.8. The van der Waals surface area contributed by atoms with Gasteiger partial charge in [0.25, 0.3) is 5.91 Å². The number of hydrogen-bond donors (Lipinski definition) is 0. The van der Waals surface area contributed by atoms with Crippen LogP contribution < -0.4 is 9.47 Å². The Kier molecular flexibility index (Phi) is 2.67. The summed E-state index contributed by atoms with van der Waals surface area (Å²) in [4.78, 5) is 15.9. The van der Waals surface area contributed by atoms with E-state index in [-0.39, 0.29) is 12.7 Å². The fraction of sp³-hybridized carbons (Fsp3) is 0.267. The zero-order chi connectivity index (χ0) is 13.5. The van der Waals surface area contributed by atoms with Crippen molar-refractivity contribution >= 4 is 17.2 Å². The summed E-state index contributed by atoms with van der Waals surface area (Å²) in [7, 11) is 0. The van der Waals surface area contributed by atoms with E-state index < -0.39 is 0 Å². The first-order valence-corrected chi connectivity index (χ1v) is 7.43. The van der Waals surface area contributed by atoms with Crippen LogP contribution in [0.5, 0.6) is 11.5 Å². The maximum absolute atomic E-state index is 12.6. The third-order valence-electron chi connectivity index (χ3n) is 3.71. The Bertz CT molecular complexity index is 680. The van der Waals surface area contributed by atoms with Gasteiger partial charge in [0.05, 0.1) is 0 Å². The van der Waals surface area contributed by atoms with Gasteiger partial charge in [0.1, 0.15) is 0 Å². The first-order valence-electron chi connectivity index (χ1n) is 6.55. The van der Waals surface area contributed by atoms with Crippen LogP contribution in [0.25, 0.3) is 0 Å². The Balaban J connectivity index is 1.59. The standard InChI is InChI=1S/C15H13NO3S/c17-15(10-1-2-12-13(7-10)19-9-18-12)16-5-3-14-11(8-16)4-6-20-14/h1-2,4,6-7H,3,5,8-9H2. The number of nitrogens with zero attached hydrogens (tertiary/aromatic N) is 1. The molecule has 0 saturated carbocycles. The van der Waals surface area contributed by atoms with Gasteiger partial charge in [0.2, 0.25) is 6.79 Å². The molecule has 4 rings (SSSR count). The zero-order valence-corrected chi connectivity index (χ0v) is 11.6. The lowest BCUT2D eigenvalue weighted by atomic mass is 10.1. The van der Waals surface area contributed by atoms with Gasteiger partial charge in [-0.25, -0.2) is 0 Å². The predicted octanol–water partition coefficient (Wildman–Crippen LogP) is 2.68. The molecule has 4 nitrogen and oxygen atoms in total. The number of hydrogen-bond acceptors (Lipinski definition) is 4. The minimum absolute atomic E-state index is 0.0557. The van der Waals surface area contributed by atoms with Crippen molar-refractivity contribution in [3.63, 3.8) is 0 Å². The molecule has 0 atom stereocenters. The molecule has 1 aromatic carbocycles. The molecule has 2 aromatic rings. The molecule has 20 heavy (non-hydrogen) atoms. The minimum atomic E-state index is 0.0557. The van der Waals surface area contributed by atoms with Gasteiger partial charge in [-0.05, 0) is 41.6 Å². The van der Waals surface area contributed by atoms with Gasteiger partial charge < -0.3 is 14.4 Å². The fourth-order valence-corrected chi connectivity index (χ4v) is 3.52. The van der Waals surface area contributed by atoms with Gasteiger partial charge in [-0.2, -0.15) is 0 Å². The summed E-state index contributed by atoms with van der Waals surface area (Å²) in [5, 5.41) is 2.10. The van der Waals surface area contributed by atoms with E-state index in [2.05, 4.69) is 11.4 Å². The highest BCUT2D eigenvalue weighted by Gasteiger charge is 2.24. The topological polar surface area (TPSA) is 38.8 Å². The van der Waals surface area contributed by atoms with Crippen molar-refractivity contribution in [1.82, 2.24) is 4.90 Å². The second kappa shape index (κ2) is 4.52. The Morgan fingerprint density at radius 3 is 3.05 bits per heavy atom. The fourth-order valence-electron chi connectivity index (χ4n) is 2.63. The number of carbonyl (C=O) groups excluding carboxylic acids is 1. The summed E-state index contributed by atoms with van der Waals surface area (Å²) < 4.78 is 10.6. The molecule has 102 valence electrons. The summed E-state index contributed by atoms with van der Waals surface area (Å²) in [6.45, 7) is 1.71. The van der Waals surface area contributed by atoms with Crippen LogP contribution in [0.4, 0.5) is 0 Å². The molecular formula is C15H13NO3S. The van der Waals surface area contributed by atoms with E-state index in [4.69, 9.17) is 9.47 Å². The number of fused-ring (bicyclic) bond motifs is 2. The van der Waals surface area contributed by atoms with Crippen LogP contribution in [-0.4, -0.2) is 24.1 Å².